The minimum Gasteiger partial charge on any atom is -0.497 e. The van der Waals surface area contributed by atoms with E-state index in [1.165, 1.54) is 0 Å². The molecule has 0 amide bonds. The highest BCUT2D eigenvalue weighted by Crippen LogP contribution is 2.13. The van der Waals surface area contributed by atoms with Crippen molar-refractivity contribution in [2.75, 3.05) is 7.11 Å². The van der Waals surface area contributed by atoms with E-state index in [4.69, 9.17) is 10.5 Å². The van der Waals surface area contributed by atoms with Gasteiger partial charge in [-0.1, -0.05) is 12.1 Å². The van der Waals surface area contributed by atoms with Gasteiger partial charge < -0.3 is 15.8 Å². The standard InChI is InChI=1S/C13H21N3O/c1-13(2,3)16-12(14)15-9-10-6-5-7-11(8-10)17-4/h5-8H,9H2,1-4H3,(H3,14,15,16). The number of methoxy groups -OCH3 is 1. The van der Waals surface area contributed by atoms with Crippen molar-refractivity contribution >= 4 is 5.96 Å². The third-order valence-electron chi connectivity index (χ3n) is 2.07. The zero-order valence-electron chi connectivity index (χ0n) is 10.9. The maximum atomic E-state index is 5.79. The zero-order chi connectivity index (χ0) is 12.9. The van der Waals surface area contributed by atoms with Crippen LogP contribution < -0.4 is 15.8 Å². The van der Waals surface area contributed by atoms with Gasteiger partial charge in [0.05, 0.1) is 13.7 Å². The Morgan fingerprint density at radius 3 is 2.71 bits per heavy atom. The number of nitrogens with zero attached hydrogens (tertiary/aromatic N) is 1. The molecule has 0 aliphatic heterocycles. The van der Waals surface area contributed by atoms with E-state index in [0.717, 1.165) is 11.3 Å². The van der Waals surface area contributed by atoms with Gasteiger partial charge in [-0.3, -0.25) is 0 Å². The molecule has 94 valence electrons. The lowest BCUT2D eigenvalue weighted by atomic mass is 10.1. The molecule has 0 aliphatic carbocycles. The zero-order valence-corrected chi connectivity index (χ0v) is 10.9. The number of nitrogens with one attached hydrogen (secondary N) is 1. The number of ether oxygens (including phenoxy) is 1. The Morgan fingerprint density at radius 1 is 1.41 bits per heavy atom. The normalized spacial score (nSPS) is 12.4. The summed E-state index contributed by atoms with van der Waals surface area (Å²) in [6.45, 7) is 6.68. The number of hydrogen-bond donors (Lipinski definition) is 2. The van der Waals surface area contributed by atoms with Crippen LogP contribution in [0.2, 0.25) is 0 Å². The highest BCUT2D eigenvalue weighted by Gasteiger charge is 2.09. The fourth-order valence-corrected chi connectivity index (χ4v) is 1.37. The van der Waals surface area contributed by atoms with Crippen molar-refractivity contribution in [3.8, 4) is 5.75 Å². The number of aliphatic imine (C=N–C) groups is 1. The van der Waals surface area contributed by atoms with Gasteiger partial charge in [-0.25, -0.2) is 4.99 Å². The summed E-state index contributed by atoms with van der Waals surface area (Å²) < 4.78 is 5.15. The molecule has 1 aromatic carbocycles. The summed E-state index contributed by atoms with van der Waals surface area (Å²) in [6.07, 6.45) is 0. The third-order valence-corrected chi connectivity index (χ3v) is 2.07. The summed E-state index contributed by atoms with van der Waals surface area (Å²) in [5.41, 5.74) is 6.79. The second-order valence-corrected chi connectivity index (χ2v) is 4.93. The van der Waals surface area contributed by atoms with Gasteiger partial charge in [0.1, 0.15) is 5.75 Å². The summed E-state index contributed by atoms with van der Waals surface area (Å²) in [5.74, 6) is 1.29. The number of rotatable bonds is 3. The van der Waals surface area contributed by atoms with E-state index < -0.39 is 0 Å². The summed E-state index contributed by atoms with van der Waals surface area (Å²) in [5, 5.41) is 3.11. The van der Waals surface area contributed by atoms with Crippen LogP contribution in [0.25, 0.3) is 0 Å². The monoisotopic (exact) mass is 235 g/mol. The minimum absolute atomic E-state index is 0.0675. The molecule has 0 atom stereocenters. The van der Waals surface area contributed by atoms with Gasteiger partial charge >= 0.3 is 0 Å². The van der Waals surface area contributed by atoms with Crippen molar-refractivity contribution in [2.24, 2.45) is 10.7 Å². The smallest absolute Gasteiger partial charge is 0.189 e. The van der Waals surface area contributed by atoms with Gasteiger partial charge in [0.2, 0.25) is 0 Å². The van der Waals surface area contributed by atoms with Crippen molar-refractivity contribution in [2.45, 2.75) is 32.9 Å². The van der Waals surface area contributed by atoms with Crippen LogP contribution in [-0.4, -0.2) is 18.6 Å². The fourth-order valence-electron chi connectivity index (χ4n) is 1.37. The van der Waals surface area contributed by atoms with E-state index in [-0.39, 0.29) is 5.54 Å². The third kappa shape index (κ3) is 5.24. The van der Waals surface area contributed by atoms with Gasteiger partial charge in [0.25, 0.3) is 0 Å². The SMILES string of the molecule is COc1cccc(CN=C(N)NC(C)(C)C)c1. The van der Waals surface area contributed by atoms with Crippen LogP contribution in [0.5, 0.6) is 5.75 Å². The Bertz CT molecular complexity index is 394. The van der Waals surface area contributed by atoms with Crippen molar-refractivity contribution in [3.05, 3.63) is 29.8 Å². The van der Waals surface area contributed by atoms with Crippen LogP contribution in [-0.2, 0) is 6.54 Å². The van der Waals surface area contributed by atoms with Crippen LogP contribution >= 0.6 is 0 Å². The maximum absolute atomic E-state index is 5.79. The molecule has 3 N–H and O–H groups in total. The predicted molar refractivity (Wildman–Crippen MR) is 71.2 cm³/mol. The minimum atomic E-state index is -0.0675. The molecule has 0 bridgehead atoms. The molecule has 0 unspecified atom stereocenters. The molecule has 0 aromatic heterocycles. The first-order valence-corrected chi connectivity index (χ1v) is 5.62. The predicted octanol–water partition coefficient (Wildman–Crippen LogP) is 1.90. The molecular weight excluding hydrogens is 214 g/mol. The van der Waals surface area contributed by atoms with Crippen LogP contribution in [0.1, 0.15) is 26.3 Å². The molecule has 0 heterocycles. The van der Waals surface area contributed by atoms with E-state index in [9.17, 15) is 0 Å². The van der Waals surface area contributed by atoms with Crippen molar-refractivity contribution in [3.63, 3.8) is 0 Å². The molecule has 0 saturated carbocycles. The van der Waals surface area contributed by atoms with Crippen molar-refractivity contribution in [1.82, 2.24) is 5.32 Å². The van der Waals surface area contributed by atoms with Crippen molar-refractivity contribution < 1.29 is 4.74 Å². The molecule has 1 aromatic rings. The van der Waals surface area contributed by atoms with Crippen molar-refractivity contribution in [1.29, 1.82) is 0 Å². The lowest BCUT2D eigenvalue weighted by Gasteiger charge is -2.21. The first kappa shape index (κ1) is 13.4. The molecule has 0 spiro atoms. The number of guanidine groups is 1. The largest absolute Gasteiger partial charge is 0.497 e. The Morgan fingerprint density at radius 2 is 2.12 bits per heavy atom. The fraction of sp³-hybridized carbons (Fsp3) is 0.462. The molecule has 1 rings (SSSR count). The molecular formula is C13H21N3O. The second kappa shape index (κ2) is 5.57. The molecule has 0 saturated heterocycles. The molecule has 17 heavy (non-hydrogen) atoms. The Kier molecular flexibility index (Phi) is 4.37. The number of nitrogens with two attached hydrogens (primary N) is 1. The van der Waals surface area contributed by atoms with Crippen LogP contribution in [0.3, 0.4) is 0 Å². The molecule has 4 nitrogen and oxygen atoms in total. The van der Waals surface area contributed by atoms with Gasteiger partial charge in [-0.05, 0) is 38.5 Å². The topological polar surface area (TPSA) is 59.6 Å². The summed E-state index contributed by atoms with van der Waals surface area (Å²) in [7, 11) is 1.65. The number of benzene rings is 1. The molecule has 0 fully saturated rings. The van der Waals surface area contributed by atoms with E-state index in [0.29, 0.717) is 12.5 Å². The first-order valence-electron chi connectivity index (χ1n) is 5.62. The molecule has 4 heteroatoms. The quantitative estimate of drug-likeness (QED) is 0.621. The lowest BCUT2D eigenvalue weighted by molar-refractivity contribution is 0.414. The molecule has 0 aliphatic rings. The second-order valence-electron chi connectivity index (χ2n) is 4.93. The first-order chi connectivity index (χ1) is 7.90. The maximum Gasteiger partial charge on any atom is 0.189 e. The average Bonchev–Trinajstić information content (AvgIpc) is 2.24. The highest BCUT2D eigenvalue weighted by molar-refractivity contribution is 5.78. The summed E-state index contributed by atoms with van der Waals surface area (Å²) >= 11 is 0. The van der Waals surface area contributed by atoms with Gasteiger partial charge in [0, 0.05) is 5.54 Å². The Hall–Kier alpha value is -1.71. The van der Waals surface area contributed by atoms with Crippen LogP contribution in [0, 0.1) is 0 Å². The van der Waals surface area contributed by atoms with Gasteiger partial charge in [0.15, 0.2) is 5.96 Å². The summed E-state index contributed by atoms with van der Waals surface area (Å²) in [6, 6.07) is 7.80. The van der Waals surface area contributed by atoms with E-state index >= 15 is 0 Å². The molecule has 0 radical (unpaired) electrons. The van der Waals surface area contributed by atoms with Crippen LogP contribution in [0.15, 0.2) is 29.3 Å². The van der Waals surface area contributed by atoms with Gasteiger partial charge in [-0.15, -0.1) is 0 Å². The van der Waals surface area contributed by atoms with Gasteiger partial charge in [-0.2, -0.15) is 0 Å². The van der Waals surface area contributed by atoms with E-state index in [2.05, 4.69) is 10.3 Å². The Labute approximate surface area is 103 Å². The van der Waals surface area contributed by atoms with Crippen LogP contribution in [0.4, 0.5) is 0 Å². The summed E-state index contributed by atoms with van der Waals surface area (Å²) in [4.78, 5) is 4.28. The van der Waals surface area contributed by atoms with E-state index in [1.807, 2.05) is 45.0 Å². The Balaban J connectivity index is 2.62. The number of hydrogen-bond acceptors (Lipinski definition) is 2. The average molecular weight is 235 g/mol. The lowest BCUT2D eigenvalue weighted by Crippen LogP contribution is -2.44. The van der Waals surface area contributed by atoms with E-state index in [1.54, 1.807) is 7.11 Å². The highest BCUT2D eigenvalue weighted by atomic mass is 16.5.